The monoisotopic (exact) mass is 241 g/mol. The highest BCUT2D eigenvalue weighted by Crippen LogP contribution is 2.48. The van der Waals surface area contributed by atoms with Gasteiger partial charge in [0.1, 0.15) is 0 Å². The van der Waals surface area contributed by atoms with E-state index in [0.717, 1.165) is 10.0 Å². The van der Waals surface area contributed by atoms with Crippen LogP contribution < -0.4 is 0 Å². The number of hydrogen-bond donors (Lipinski definition) is 0. The molecule has 0 unspecified atom stereocenters. The van der Waals surface area contributed by atoms with E-state index in [1.54, 1.807) is 0 Å². The summed E-state index contributed by atoms with van der Waals surface area (Å²) >= 11 is 3.31. The fraction of sp³-hybridized carbons (Fsp3) is 0.333. The maximum atomic E-state index is 10.8. The van der Waals surface area contributed by atoms with Gasteiger partial charge >= 0.3 is 0 Å². The van der Waals surface area contributed by atoms with E-state index in [1.165, 1.54) is 0 Å². The first-order valence-corrected chi connectivity index (χ1v) is 4.85. The minimum atomic E-state index is -0.774. The van der Waals surface area contributed by atoms with Crippen LogP contribution in [0.1, 0.15) is 18.4 Å². The van der Waals surface area contributed by atoms with E-state index in [9.17, 15) is 10.1 Å². The molecule has 2 rings (SSSR count). The molecule has 68 valence electrons. The second-order valence-corrected chi connectivity index (χ2v) is 4.21. The average molecular weight is 242 g/mol. The molecule has 0 N–H and O–H groups in total. The molecule has 13 heavy (non-hydrogen) atoms. The molecule has 0 saturated heterocycles. The molecule has 0 heterocycles. The Labute approximate surface area is 84.0 Å². The Morgan fingerprint density at radius 3 is 2.62 bits per heavy atom. The van der Waals surface area contributed by atoms with Crippen molar-refractivity contribution in [3.63, 3.8) is 0 Å². The molecule has 0 aromatic heterocycles. The maximum absolute atomic E-state index is 10.8. The molecule has 0 amide bonds. The summed E-state index contributed by atoms with van der Waals surface area (Å²) in [4.78, 5) is 10.6. The molecule has 0 bridgehead atoms. The summed E-state index contributed by atoms with van der Waals surface area (Å²) in [7, 11) is 0. The number of benzene rings is 1. The Balaban J connectivity index is 2.41. The lowest BCUT2D eigenvalue weighted by atomic mass is 10.1. The Morgan fingerprint density at radius 1 is 1.46 bits per heavy atom. The molecule has 1 aromatic carbocycles. The van der Waals surface area contributed by atoms with Crippen molar-refractivity contribution in [2.24, 2.45) is 0 Å². The topological polar surface area (TPSA) is 43.1 Å². The van der Waals surface area contributed by atoms with Gasteiger partial charge < -0.3 is 0 Å². The largest absolute Gasteiger partial charge is 0.264 e. The Bertz CT molecular complexity index is 360. The number of nitrogens with zero attached hydrogens (tertiary/aromatic N) is 1. The molecule has 1 fully saturated rings. The third kappa shape index (κ3) is 1.35. The quantitative estimate of drug-likeness (QED) is 0.591. The van der Waals surface area contributed by atoms with E-state index in [0.29, 0.717) is 12.8 Å². The average Bonchev–Trinajstić information content (AvgIpc) is 2.83. The predicted octanol–water partition coefficient (Wildman–Crippen LogP) is 2.71. The van der Waals surface area contributed by atoms with Gasteiger partial charge in [0.05, 0.1) is 0 Å². The molecule has 1 aliphatic rings. The summed E-state index contributed by atoms with van der Waals surface area (Å²) in [6.45, 7) is 0. The van der Waals surface area contributed by atoms with E-state index in [1.807, 2.05) is 24.3 Å². The SMILES string of the molecule is O=[N+]([O-])C1(c2cccc(Br)c2)CC1. The summed E-state index contributed by atoms with van der Waals surface area (Å²) in [5, 5.41) is 10.8. The summed E-state index contributed by atoms with van der Waals surface area (Å²) in [6.07, 6.45) is 1.33. The van der Waals surface area contributed by atoms with Crippen LogP contribution in [0.2, 0.25) is 0 Å². The zero-order valence-electron chi connectivity index (χ0n) is 6.87. The number of halogens is 1. The van der Waals surface area contributed by atoms with E-state index >= 15 is 0 Å². The first kappa shape index (κ1) is 8.69. The second kappa shape index (κ2) is 2.80. The minimum Gasteiger partial charge on any atom is -0.264 e. The van der Waals surface area contributed by atoms with Crippen molar-refractivity contribution in [2.45, 2.75) is 18.4 Å². The highest BCUT2D eigenvalue weighted by atomic mass is 79.9. The molecule has 4 heteroatoms. The van der Waals surface area contributed by atoms with Crippen LogP contribution in [-0.2, 0) is 5.54 Å². The van der Waals surface area contributed by atoms with E-state index in [2.05, 4.69) is 15.9 Å². The lowest BCUT2D eigenvalue weighted by Gasteiger charge is -2.06. The molecule has 3 nitrogen and oxygen atoms in total. The molecule has 0 aliphatic heterocycles. The summed E-state index contributed by atoms with van der Waals surface area (Å²) in [6, 6.07) is 7.36. The van der Waals surface area contributed by atoms with Crippen molar-refractivity contribution < 1.29 is 4.92 Å². The molecule has 1 aromatic rings. The van der Waals surface area contributed by atoms with Crippen molar-refractivity contribution in [1.82, 2.24) is 0 Å². The summed E-state index contributed by atoms with van der Waals surface area (Å²) in [5.74, 6) is 0. The van der Waals surface area contributed by atoms with Gasteiger partial charge in [0.2, 0.25) is 5.54 Å². The van der Waals surface area contributed by atoms with E-state index in [4.69, 9.17) is 0 Å². The second-order valence-electron chi connectivity index (χ2n) is 3.30. The van der Waals surface area contributed by atoms with Gasteiger partial charge in [0.15, 0.2) is 0 Å². The number of hydrogen-bond acceptors (Lipinski definition) is 2. The fourth-order valence-electron chi connectivity index (χ4n) is 1.47. The molecule has 1 aliphatic carbocycles. The normalized spacial score (nSPS) is 18.2. The van der Waals surface area contributed by atoms with Gasteiger partial charge in [-0.1, -0.05) is 28.1 Å². The van der Waals surface area contributed by atoms with Crippen LogP contribution in [-0.4, -0.2) is 4.92 Å². The Kier molecular flexibility index (Phi) is 1.87. The summed E-state index contributed by atoms with van der Waals surface area (Å²) < 4.78 is 0.901. The van der Waals surface area contributed by atoms with Gasteiger partial charge in [-0.3, -0.25) is 10.1 Å². The Hall–Kier alpha value is -0.900. The third-order valence-electron chi connectivity index (χ3n) is 2.44. The maximum Gasteiger partial charge on any atom is 0.247 e. The van der Waals surface area contributed by atoms with Crippen LogP contribution in [0, 0.1) is 10.1 Å². The molecule has 1 saturated carbocycles. The highest BCUT2D eigenvalue weighted by Gasteiger charge is 2.57. The van der Waals surface area contributed by atoms with Gasteiger partial charge in [0, 0.05) is 27.8 Å². The first-order valence-electron chi connectivity index (χ1n) is 4.06. The lowest BCUT2D eigenvalue weighted by molar-refractivity contribution is -0.546. The molecule has 0 radical (unpaired) electrons. The predicted molar refractivity (Wildman–Crippen MR) is 52.0 cm³/mol. The zero-order valence-corrected chi connectivity index (χ0v) is 8.45. The molecule has 0 atom stereocenters. The van der Waals surface area contributed by atoms with Crippen molar-refractivity contribution in [2.75, 3.05) is 0 Å². The number of rotatable bonds is 2. The van der Waals surface area contributed by atoms with Gasteiger partial charge in [-0.05, 0) is 12.1 Å². The third-order valence-corrected chi connectivity index (χ3v) is 2.93. The van der Waals surface area contributed by atoms with E-state index < -0.39 is 5.54 Å². The smallest absolute Gasteiger partial charge is 0.247 e. The van der Waals surface area contributed by atoms with Crippen molar-refractivity contribution in [3.05, 3.63) is 44.4 Å². The minimum absolute atomic E-state index is 0.172. The highest BCUT2D eigenvalue weighted by molar-refractivity contribution is 9.10. The zero-order chi connectivity index (χ0) is 9.47. The van der Waals surface area contributed by atoms with Gasteiger partial charge in [-0.2, -0.15) is 0 Å². The first-order chi connectivity index (χ1) is 6.15. The van der Waals surface area contributed by atoms with Crippen LogP contribution >= 0.6 is 15.9 Å². The van der Waals surface area contributed by atoms with Gasteiger partial charge in [-0.15, -0.1) is 0 Å². The van der Waals surface area contributed by atoms with Crippen LogP contribution in [0.5, 0.6) is 0 Å². The van der Waals surface area contributed by atoms with Crippen LogP contribution in [0.25, 0.3) is 0 Å². The fourth-order valence-corrected chi connectivity index (χ4v) is 1.87. The summed E-state index contributed by atoms with van der Waals surface area (Å²) in [5.41, 5.74) is 0.0379. The Morgan fingerprint density at radius 2 is 2.15 bits per heavy atom. The standard InChI is InChI=1S/C9H8BrNO2/c10-8-3-1-2-7(6-8)9(4-5-9)11(12)13/h1-3,6H,4-5H2. The van der Waals surface area contributed by atoms with Crippen LogP contribution in [0.3, 0.4) is 0 Å². The molecular formula is C9H8BrNO2. The molecular weight excluding hydrogens is 234 g/mol. The van der Waals surface area contributed by atoms with Crippen molar-refractivity contribution >= 4 is 15.9 Å². The molecule has 0 spiro atoms. The van der Waals surface area contributed by atoms with E-state index in [-0.39, 0.29) is 4.92 Å². The lowest BCUT2D eigenvalue weighted by Crippen LogP contribution is -2.18. The van der Waals surface area contributed by atoms with Crippen LogP contribution in [0.4, 0.5) is 0 Å². The van der Waals surface area contributed by atoms with Crippen LogP contribution in [0.15, 0.2) is 28.7 Å². The van der Waals surface area contributed by atoms with Gasteiger partial charge in [-0.25, -0.2) is 0 Å². The van der Waals surface area contributed by atoms with Crippen molar-refractivity contribution in [1.29, 1.82) is 0 Å². The van der Waals surface area contributed by atoms with Gasteiger partial charge in [0.25, 0.3) is 0 Å². The number of nitro groups is 1. The van der Waals surface area contributed by atoms with Crippen molar-refractivity contribution in [3.8, 4) is 0 Å².